The molecule has 86 valence electrons. The summed E-state index contributed by atoms with van der Waals surface area (Å²) < 4.78 is 5.33. The van der Waals surface area contributed by atoms with Crippen LogP contribution in [0, 0.1) is 5.41 Å². The molecule has 0 saturated carbocycles. The largest absolute Gasteiger partial charge is 0.379 e. The van der Waals surface area contributed by atoms with Crippen LogP contribution in [0.1, 0.15) is 34.1 Å². The molecule has 0 aromatic rings. The van der Waals surface area contributed by atoms with Gasteiger partial charge in [0.1, 0.15) is 0 Å². The highest BCUT2D eigenvalue weighted by molar-refractivity contribution is 6.18. The highest BCUT2D eigenvalue weighted by Crippen LogP contribution is 2.16. The third kappa shape index (κ3) is 6.63. The Balaban J connectivity index is 3.57. The van der Waals surface area contributed by atoms with E-state index in [1.807, 2.05) is 0 Å². The van der Waals surface area contributed by atoms with E-state index in [2.05, 4.69) is 33.0 Å². The van der Waals surface area contributed by atoms with E-state index in [0.717, 1.165) is 19.5 Å². The molecule has 0 radical (unpaired) electrons. The van der Waals surface area contributed by atoms with Crippen molar-refractivity contribution in [3.8, 4) is 0 Å². The molecule has 0 saturated heterocycles. The summed E-state index contributed by atoms with van der Waals surface area (Å²) in [5.41, 5.74) is 0.150. The molecule has 0 aromatic heterocycles. The summed E-state index contributed by atoms with van der Waals surface area (Å²) in [6.45, 7) is 10.4. The lowest BCUT2D eigenvalue weighted by Crippen LogP contribution is -2.35. The Labute approximate surface area is 93.4 Å². The molecule has 0 bridgehead atoms. The standard InChI is InChI=1S/C11H24ClNO/c1-10(2,8-12)9-13-7-6-11(3,4)14-5/h13H,6-9H2,1-5H3. The first kappa shape index (κ1) is 14.2. The van der Waals surface area contributed by atoms with E-state index in [1.54, 1.807) is 7.11 Å². The van der Waals surface area contributed by atoms with Gasteiger partial charge in [0.05, 0.1) is 5.60 Å². The number of hydrogen-bond acceptors (Lipinski definition) is 2. The van der Waals surface area contributed by atoms with Crippen molar-refractivity contribution < 1.29 is 4.74 Å². The molecule has 1 N–H and O–H groups in total. The van der Waals surface area contributed by atoms with Crippen molar-refractivity contribution in [2.75, 3.05) is 26.1 Å². The normalized spacial score (nSPS) is 13.3. The van der Waals surface area contributed by atoms with Gasteiger partial charge in [-0.25, -0.2) is 0 Å². The second kappa shape index (κ2) is 5.94. The van der Waals surface area contributed by atoms with Gasteiger partial charge >= 0.3 is 0 Å². The van der Waals surface area contributed by atoms with Gasteiger partial charge in [-0.2, -0.15) is 0 Å². The Morgan fingerprint density at radius 2 is 1.79 bits per heavy atom. The van der Waals surface area contributed by atoms with Crippen molar-refractivity contribution in [2.24, 2.45) is 5.41 Å². The predicted octanol–water partition coefficient (Wildman–Crippen LogP) is 2.66. The van der Waals surface area contributed by atoms with Crippen molar-refractivity contribution in [3.05, 3.63) is 0 Å². The zero-order chi connectivity index (χ0) is 11.2. The molecule has 0 spiro atoms. The maximum absolute atomic E-state index is 5.82. The fourth-order valence-electron chi connectivity index (χ4n) is 0.966. The van der Waals surface area contributed by atoms with Crippen LogP contribution in [-0.2, 0) is 4.74 Å². The van der Waals surface area contributed by atoms with Crippen LogP contribution in [0.4, 0.5) is 0 Å². The minimum Gasteiger partial charge on any atom is -0.379 e. The fraction of sp³-hybridized carbons (Fsp3) is 1.00. The predicted molar refractivity (Wildman–Crippen MR) is 63.1 cm³/mol. The van der Waals surface area contributed by atoms with Gasteiger partial charge in [-0.05, 0) is 32.2 Å². The zero-order valence-corrected chi connectivity index (χ0v) is 10.9. The lowest BCUT2D eigenvalue weighted by Gasteiger charge is -2.25. The summed E-state index contributed by atoms with van der Waals surface area (Å²) in [4.78, 5) is 0. The highest BCUT2D eigenvalue weighted by atomic mass is 35.5. The van der Waals surface area contributed by atoms with Gasteiger partial charge in [-0.15, -0.1) is 11.6 Å². The number of hydrogen-bond donors (Lipinski definition) is 1. The molecule has 2 nitrogen and oxygen atoms in total. The van der Waals surface area contributed by atoms with Gasteiger partial charge in [0.2, 0.25) is 0 Å². The molecular weight excluding hydrogens is 198 g/mol. The third-order valence-corrected chi connectivity index (χ3v) is 3.15. The monoisotopic (exact) mass is 221 g/mol. The smallest absolute Gasteiger partial charge is 0.0634 e. The summed E-state index contributed by atoms with van der Waals surface area (Å²) in [7, 11) is 1.75. The molecule has 0 aliphatic heterocycles. The molecule has 0 amide bonds. The van der Waals surface area contributed by atoms with Crippen molar-refractivity contribution in [1.82, 2.24) is 5.32 Å². The van der Waals surface area contributed by atoms with Crippen molar-refractivity contribution in [1.29, 1.82) is 0 Å². The summed E-state index contributed by atoms with van der Waals surface area (Å²) in [6.07, 6.45) is 1.02. The van der Waals surface area contributed by atoms with Crippen LogP contribution >= 0.6 is 11.6 Å². The SMILES string of the molecule is COC(C)(C)CCNCC(C)(C)CCl. The first-order chi connectivity index (χ1) is 6.33. The zero-order valence-electron chi connectivity index (χ0n) is 10.1. The molecule has 0 unspecified atom stereocenters. The number of halogens is 1. The molecule has 14 heavy (non-hydrogen) atoms. The van der Waals surface area contributed by atoms with Gasteiger partial charge in [0, 0.05) is 19.5 Å². The quantitative estimate of drug-likeness (QED) is 0.527. The Hall–Kier alpha value is 0.210. The molecule has 0 aromatic carbocycles. The van der Waals surface area contributed by atoms with Crippen molar-refractivity contribution in [3.63, 3.8) is 0 Å². The molecule has 0 atom stereocenters. The Bertz CT molecular complexity index is 139. The Morgan fingerprint density at radius 3 is 2.21 bits per heavy atom. The number of methoxy groups -OCH3 is 1. The third-order valence-electron chi connectivity index (χ3n) is 2.42. The summed E-state index contributed by atoms with van der Waals surface area (Å²) in [5.74, 6) is 0.688. The van der Waals surface area contributed by atoms with Crippen LogP contribution in [-0.4, -0.2) is 31.7 Å². The van der Waals surface area contributed by atoms with Crippen LogP contribution in [0.2, 0.25) is 0 Å². The molecule has 3 heteroatoms. The van der Waals surface area contributed by atoms with E-state index in [-0.39, 0.29) is 11.0 Å². The first-order valence-corrected chi connectivity index (χ1v) is 5.68. The van der Waals surface area contributed by atoms with Crippen LogP contribution in [0.5, 0.6) is 0 Å². The van der Waals surface area contributed by atoms with Gasteiger partial charge in [-0.3, -0.25) is 0 Å². The lowest BCUT2D eigenvalue weighted by atomic mass is 9.96. The van der Waals surface area contributed by atoms with Gasteiger partial charge in [0.25, 0.3) is 0 Å². The molecule has 0 rings (SSSR count). The van der Waals surface area contributed by atoms with Gasteiger partial charge in [0.15, 0.2) is 0 Å². The molecule has 0 aliphatic rings. The summed E-state index contributed by atoms with van der Waals surface area (Å²) >= 11 is 5.82. The summed E-state index contributed by atoms with van der Waals surface area (Å²) in [5, 5.41) is 3.40. The van der Waals surface area contributed by atoms with E-state index in [4.69, 9.17) is 16.3 Å². The van der Waals surface area contributed by atoms with Crippen LogP contribution < -0.4 is 5.32 Å². The molecule has 0 aliphatic carbocycles. The molecule has 0 fully saturated rings. The second-order valence-electron chi connectivity index (χ2n) is 5.19. The number of rotatable bonds is 7. The maximum Gasteiger partial charge on any atom is 0.0634 e. The van der Waals surface area contributed by atoms with Crippen LogP contribution in [0.3, 0.4) is 0 Å². The van der Waals surface area contributed by atoms with Crippen molar-refractivity contribution >= 4 is 11.6 Å². The number of nitrogens with one attached hydrogen (secondary N) is 1. The Kier molecular flexibility index (Phi) is 6.03. The van der Waals surface area contributed by atoms with E-state index >= 15 is 0 Å². The van der Waals surface area contributed by atoms with E-state index in [0.29, 0.717) is 5.88 Å². The van der Waals surface area contributed by atoms with E-state index in [9.17, 15) is 0 Å². The molecule has 0 heterocycles. The van der Waals surface area contributed by atoms with Gasteiger partial charge in [-0.1, -0.05) is 13.8 Å². The average molecular weight is 222 g/mol. The number of ether oxygens (including phenoxy) is 1. The topological polar surface area (TPSA) is 21.3 Å². The summed E-state index contributed by atoms with van der Waals surface area (Å²) in [6, 6.07) is 0. The lowest BCUT2D eigenvalue weighted by molar-refractivity contribution is 0.0155. The van der Waals surface area contributed by atoms with Crippen LogP contribution in [0.15, 0.2) is 0 Å². The number of alkyl halides is 1. The highest BCUT2D eigenvalue weighted by Gasteiger charge is 2.18. The maximum atomic E-state index is 5.82. The van der Waals surface area contributed by atoms with Crippen LogP contribution in [0.25, 0.3) is 0 Å². The van der Waals surface area contributed by atoms with E-state index < -0.39 is 0 Å². The average Bonchev–Trinajstić information content (AvgIpc) is 2.13. The fourth-order valence-corrected chi connectivity index (χ4v) is 1.06. The first-order valence-electron chi connectivity index (χ1n) is 5.15. The van der Waals surface area contributed by atoms with Crippen molar-refractivity contribution in [2.45, 2.75) is 39.7 Å². The Morgan fingerprint density at radius 1 is 1.21 bits per heavy atom. The minimum absolute atomic E-state index is 0.0297. The van der Waals surface area contributed by atoms with Gasteiger partial charge < -0.3 is 10.1 Å². The molecular formula is C11H24ClNO. The second-order valence-corrected chi connectivity index (χ2v) is 5.46. The minimum atomic E-state index is -0.0297. The van der Waals surface area contributed by atoms with E-state index in [1.165, 1.54) is 0 Å².